The van der Waals surface area contributed by atoms with Gasteiger partial charge in [-0.1, -0.05) is 34.6 Å². The molecule has 0 aromatic carbocycles. The Hall–Kier alpha value is -0.920. The van der Waals surface area contributed by atoms with Crippen molar-refractivity contribution in [2.24, 2.45) is 11.3 Å². The SMILES string of the molecule is CC(C)Cc1cnc(CC(C)(C)C)nc1. The van der Waals surface area contributed by atoms with Crippen molar-refractivity contribution in [2.75, 3.05) is 0 Å². The van der Waals surface area contributed by atoms with Gasteiger partial charge in [-0.2, -0.15) is 0 Å². The minimum Gasteiger partial charge on any atom is -0.241 e. The lowest BCUT2D eigenvalue weighted by Crippen LogP contribution is -2.12. The first-order chi connectivity index (χ1) is 6.87. The molecule has 0 amide bonds. The van der Waals surface area contributed by atoms with Crippen LogP contribution in [-0.4, -0.2) is 9.97 Å². The van der Waals surface area contributed by atoms with E-state index in [2.05, 4.69) is 44.6 Å². The van der Waals surface area contributed by atoms with Crippen molar-refractivity contribution in [3.63, 3.8) is 0 Å². The van der Waals surface area contributed by atoms with E-state index in [1.165, 1.54) is 5.56 Å². The number of nitrogens with zero attached hydrogens (tertiary/aromatic N) is 2. The summed E-state index contributed by atoms with van der Waals surface area (Å²) in [6.07, 6.45) is 5.94. The number of hydrogen-bond acceptors (Lipinski definition) is 2. The molecule has 1 aromatic heterocycles. The first-order valence-electron chi connectivity index (χ1n) is 5.66. The summed E-state index contributed by atoms with van der Waals surface area (Å²) in [5, 5.41) is 0. The summed E-state index contributed by atoms with van der Waals surface area (Å²) in [6, 6.07) is 0. The van der Waals surface area contributed by atoms with Crippen LogP contribution in [0.2, 0.25) is 0 Å². The van der Waals surface area contributed by atoms with Gasteiger partial charge in [0.25, 0.3) is 0 Å². The molecule has 1 aromatic rings. The molecule has 1 heterocycles. The van der Waals surface area contributed by atoms with Crippen molar-refractivity contribution in [1.29, 1.82) is 0 Å². The van der Waals surface area contributed by atoms with Gasteiger partial charge in [-0.05, 0) is 23.3 Å². The Labute approximate surface area is 93.2 Å². The molecule has 0 bridgehead atoms. The molecular formula is C13H22N2. The van der Waals surface area contributed by atoms with Gasteiger partial charge >= 0.3 is 0 Å². The van der Waals surface area contributed by atoms with Crippen LogP contribution in [0.5, 0.6) is 0 Å². The van der Waals surface area contributed by atoms with Crippen LogP contribution < -0.4 is 0 Å². The summed E-state index contributed by atoms with van der Waals surface area (Å²) >= 11 is 0. The topological polar surface area (TPSA) is 25.8 Å². The van der Waals surface area contributed by atoms with Gasteiger partial charge in [-0.3, -0.25) is 0 Å². The molecule has 0 radical (unpaired) electrons. The summed E-state index contributed by atoms with van der Waals surface area (Å²) in [5.41, 5.74) is 1.50. The second kappa shape index (κ2) is 4.73. The average molecular weight is 206 g/mol. The molecule has 84 valence electrons. The minimum atomic E-state index is 0.263. The van der Waals surface area contributed by atoms with Crippen LogP contribution in [-0.2, 0) is 12.8 Å². The van der Waals surface area contributed by atoms with Crippen LogP contribution in [0.15, 0.2) is 12.4 Å². The lowest BCUT2D eigenvalue weighted by molar-refractivity contribution is 0.400. The van der Waals surface area contributed by atoms with Gasteiger partial charge in [0.05, 0.1) is 0 Å². The minimum absolute atomic E-state index is 0.263. The van der Waals surface area contributed by atoms with Crippen molar-refractivity contribution >= 4 is 0 Å². The van der Waals surface area contributed by atoms with Gasteiger partial charge in [0.2, 0.25) is 0 Å². The Kier molecular flexibility index (Phi) is 3.83. The zero-order valence-corrected chi connectivity index (χ0v) is 10.5. The molecule has 0 spiro atoms. The molecule has 0 atom stereocenters. The summed E-state index contributed by atoms with van der Waals surface area (Å²) in [5.74, 6) is 1.62. The third-order valence-electron chi connectivity index (χ3n) is 2.09. The fourth-order valence-electron chi connectivity index (χ4n) is 1.52. The zero-order valence-electron chi connectivity index (χ0n) is 10.5. The molecule has 0 N–H and O–H groups in total. The second-order valence-electron chi connectivity index (χ2n) is 5.84. The zero-order chi connectivity index (χ0) is 11.5. The molecule has 15 heavy (non-hydrogen) atoms. The fourth-order valence-corrected chi connectivity index (χ4v) is 1.52. The van der Waals surface area contributed by atoms with Crippen LogP contribution in [0.3, 0.4) is 0 Å². The van der Waals surface area contributed by atoms with E-state index in [-0.39, 0.29) is 5.41 Å². The molecule has 2 heteroatoms. The monoisotopic (exact) mass is 206 g/mol. The lowest BCUT2D eigenvalue weighted by Gasteiger charge is -2.16. The van der Waals surface area contributed by atoms with Crippen LogP contribution in [0.25, 0.3) is 0 Å². The van der Waals surface area contributed by atoms with E-state index in [4.69, 9.17) is 0 Å². The maximum atomic E-state index is 4.41. The third-order valence-corrected chi connectivity index (χ3v) is 2.09. The van der Waals surface area contributed by atoms with Crippen molar-refractivity contribution < 1.29 is 0 Å². The van der Waals surface area contributed by atoms with Gasteiger partial charge in [-0.25, -0.2) is 9.97 Å². The highest BCUT2D eigenvalue weighted by molar-refractivity contribution is 5.06. The van der Waals surface area contributed by atoms with E-state index in [1.54, 1.807) is 0 Å². The Balaban J connectivity index is 2.64. The first-order valence-corrected chi connectivity index (χ1v) is 5.66. The summed E-state index contributed by atoms with van der Waals surface area (Å²) < 4.78 is 0. The third kappa shape index (κ3) is 4.91. The fraction of sp³-hybridized carbons (Fsp3) is 0.692. The summed E-state index contributed by atoms with van der Waals surface area (Å²) in [4.78, 5) is 8.81. The van der Waals surface area contributed by atoms with E-state index in [0.717, 1.165) is 18.7 Å². The Morgan fingerprint density at radius 3 is 2.07 bits per heavy atom. The van der Waals surface area contributed by atoms with Crippen molar-refractivity contribution in [3.05, 3.63) is 23.8 Å². The highest BCUT2D eigenvalue weighted by atomic mass is 14.9. The molecule has 2 nitrogen and oxygen atoms in total. The predicted octanol–water partition coefficient (Wildman–Crippen LogP) is 3.26. The van der Waals surface area contributed by atoms with Crippen LogP contribution in [0, 0.1) is 11.3 Å². The smallest absolute Gasteiger partial charge is 0.128 e. The molecule has 1 rings (SSSR count). The average Bonchev–Trinajstić information content (AvgIpc) is 2.05. The maximum Gasteiger partial charge on any atom is 0.128 e. The predicted molar refractivity (Wildman–Crippen MR) is 63.7 cm³/mol. The van der Waals surface area contributed by atoms with Gasteiger partial charge in [0.1, 0.15) is 5.82 Å². The van der Waals surface area contributed by atoms with Crippen LogP contribution >= 0.6 is 0 Å². The van der Waals surface area contributed by atoms with Crippen molar-refractivity contribution in [1.82, 2.24) is 9.97 Å². The molecule has 0 saturated carbocycles. The van der Waals surface area contributed by atoms with Crippen LogP contribution in [0.1, 0.15) is 46.0 Å². The molecular weight excluding hydrogens is 184 g/mol. The molecule has 0 unspecified atom stereocenters. The molecule has 0 aliphatic carbocycles. The first kappa shape index (κ1) is 12.2. The van der Waals surface area contributed by atoms with E-state index in [9.17, 15) is 0 Å². The summed E-state index contributed by atoms with van der Waals surface area (Å²) in [7, 11) is 0. The molecule has 0 aliphatic heterocycles. The van der Waals surface area contributed by atoms with Gasteiger partial charge in [0, 0.05) is 18.8 Å². The maximum absolute atomic E-state index is 4.41. The van der Waals surface area contributed by atoms with E-state index in [1.807, 2.05) is 12.4 Å². The highest BCUT2D eigenvalue weighted by Gasteiger charge is 2.13. The Bertz CT molecular complexity index is 293. The molecule has 0 fully saturated rings. The van der Waals surface area contributed by atoms with Crippen LogP contribution in [0.4, 0.5) is 0 Å². The number of rotatable bonds is 3. The van der Waals surface area contributed by atoms with E-state index in [0.29, 0.717) is 5.92 Å². The molecule has 0 aliphatic rings. The van der Waals surface area contributed by atoms with Crippen molar-refractivity contribution in [3.8, 4) is 0 Å². The van der Waals surface area contributed by atoms with Crippen molar-refractivity contribution in [2.45, 2.75) is 47.5 Å². The van der Waals surface area contributed by atoms with E-state index < -0.39 is 0 Å². The normalized spacial score (nSPS) is 12.1. The highest BCUT2D eigenvalue weighted by Crippen LogP contribution is 2.18. The molecule has 0 saturated heterocycles. The largest absolute Gasteiger partial charge is 0.241 e. The number of aromatic nitrogens is 2. The standard InChI is InChI=1S/C13H22N2/c1-10(2)6-11-8-14-12(15-9-11)7-13(3,4)5/h8-10H,6-7H2,1-5H3. The number of hydrogen-bond donors (Lipinski definition) is 0. The van der Waals surface area contributed by atoms with Gasteiger partial charge in [-0.15, -0.1) is 0 Å². The Morgan fingerprint density at radius 2 is 1.67 bits per heavy atom. The quantitative estimate of drug-likeness (QED) is 0.758. The van der Waals surface area contributed by atoms with Gasteiger partial charge in [0.15, 0.2) is 0 Å². The second-order valence-corrected chi connectivity index (χ2v) is 5.84. The van der Waals surface area contributed by atoms with E-state index >= 15 is 0 Å². The lowest BCUT2D eigenvalue weighted by atomic mass is 9.92. The Morgan fingerprint density at radius 1 is 1.13 bits per heavy atom. The summed E-state index contributed by atoms with van der Waals surface area (Å²) in [6.45, 7) is 11.0. The van der Waals surface area contributed by atoms with Gasteiger partial charge < -0.3 is 0 Å².